The van der Waals surface area contributed by atoms with Crippen molar-refractivity contribution >= 4 is 0 Å². The molecule has 0 aromatic rings. The van der Waals surface area contributed by atoms with Gasteiger partial charge in [0, 0.05) is 19.1 Å². The Bertz CT molecular complexity index is 89.3. The molecule has 0 atom stereocenters. The number of ether oxygens (including phenoxy) is 1. The number of rotatable bonds is 6. The first-order valence-electron chi connectivity index (χ1n) is 3.89. The summed E-state index contributed by atoms with van der Waals surface area (Å²) in [6, 6.07) is 0. The summed E-state index contributed by atoms with van der Waals surface area (Å²) in [6.45, 7) is 2.62. The SMILES string of the molecule is COCCCC(C)(CO)CO. The Morgan fingerprint density at radius 3 is 2.18 bits per heavy atom. The van der Waals surface area contributed by atoms with Gasteiger partial charge >= 0.3 is 0 Å². The summed E-state index contributed by atoms with van der Waals surface area (Å²) in [6.07, 6.45) is 1.68. The molecule has 11 heavy (non-hydrogen) atoms. The van der Waals surface area contributed by atoms with Gasteiger partial charge in [-0.05, 0) is 12.8 Å². The van der Waals surface area contributed by atoms with E-state index in [-0.39, 0.29) is 18.6 Å². The van der Waals surface area contributed by atoms with Gasteiger partial charge in [0.25, 0.3) is 0 Å². The maximum atomic E-state index is 8.88. The van der Waals surface area contributed by atoms with Gasteiger partial charge < -0.3 is 14.9 Å². The number of aliphatic hydroxyl groups excluding tert-OH is 2. The minimum absolute atomic E-state index is 0.0349. The average molecular weight is 162 g/mol. The number of hydrogen-bond acceptors (Lipinski definition) is 3. The molecule has 0 rings (SSSR count). The molecule has 3 heteroatoms. The van der Waals surface area contributed by atoms with Crippen LogP contribution in [0.3, 0.4) is 0 Å². The van der Waals surface area contributed by atoms with Crippen LogP contribution in [0.5, 0.6) is 0 Å². The Balaban J connectivity index is 3.51. The van der Waals surface area contributed by atoms with Crippen LogP contribution in [0.15, 0.2) is 0 Å². The standard InChI is InChI=1S/C8H18O3/c1-8(6-9,7-10)4-3-5-11-2/h9-10H,3-7H2,1-2H3. The quantitative estimate of drug-likeness (QED) is 0.556. The monoisotopic (exact) mass is 162 g/mol. The van der Waals surface area contributed by atoms with Gasteiger partial charge in [0.2, 0.25) is 0 Å². The lowest BCUT2D eigenvalue weighted by molar-refractivity contribution is 0.0537. The highest BCUT2D eigenvalue weighted by atomic mass is 16.5. The first kappa shape index (κ1) is 10.9. The van der Waals surface area contributed by atoms with E-state index in [0.717, 1.165) is 12.8 Å². The molecule has 0 aliphatic carbocycles. The largest absolute Gasteiger partial charge is 0.396 e. The van der Waals surface area contributed by atoms with Crippen molar-refractivity contribution in [3.8, 4) is 0 Å². The third kappa shape index (κ3) is 4.35. The van der Waals surface area contributed by atoms with E-state index in [1.54, 1.807) is 7.11 Å². The summed E-state index contributed by atoms with van der Waals surface area (Å²) in [4.78, 5) is 0. The molecule has 0 aromatic heterocycles. The van der Waals surface area contributed by atoms with Gasteiger partial charge in [-0.2, -0.15) is 0 Å². The van der Waals surface area contributed by atoms with Gasteiger partial charge in [-0.1, -0.05) is 6.92 Å². The third-order valence-electron chi connectivity index (χ3n) is 1.89. The van der Waals surface area contributed by atoms with Crippen LogP contribution in [0.25, 0.3) is 0 Å². The molecule has 0 saturated carbocycles. The number of methoxy groups -OCH3 is 1. The molecule has 0 amide bonds. The van der Waals surface area contributed by atoms with Gasteiger partial charge in [0.1, 0.15) is 0 Å². The van der Waals surface area contributed by atoms with Crippen LogP contribution in [0, 0.1) is 5.41 Å². The van der Waals surface area contributed by atoms with Crippen LogP contribution >= 0.6 is 0 Å². The Morgan fingerprint density at radius 2 is 1.82 bits per heavy atom. The van der Waals surface area contributed by atoms with Gasteiger partial charge in [-0.25, -0.2) is 0 Å². The summed E-state index contributed by atoms with van der Waals surface area (Å²) in [5, 5.41) is 17.8. The maximum Gasteiger partial charge on any atom is 0.0506 e. The zero-order chi connectivity index (χ0) is 8.74. The minimum Gasteiger partial charge on any atom is -0.396 e. The average Bonchev–Trinajstić information content (AvgIpc) is 2.05. The van der Waals surface area contributed by atoms with E-state index in [1.165, 1.54) is 0 Å². The molecule has 68 valence electrons. The molecule has 0 aliphatic rings. The lowest BCUT2D eigenvalue weighted by Crippen LogP contribution is -2.26. The molecule has 0 fully saturated rings. The van der Waals surface area contributed by atoms with Crippen molar-refractivity contribution in [2.75, 3.05) is 26.9 Å². The fourth-order valence-corrected chi connectivity index (χ4v) is 0.851. The smallest absolute Gasteiger partial charge is 0.0506 e. The van der Waals surface area contributed by atoms with Crippen LogP contribution in [0.4, 0.5) is 0 Å². The van der Waals surface area contributed by atoms with Crippen LogP contribution in [0.1, 0.15) is 19.8 Å². The Morgan fingerprint density at radius 1 is 1.27 bits per heavy atom. The zero-order valence-corrected chi connectivity index (χ0v) is 7.34. The van der Waals surface area contributed by atoms with Gasteiger partial charge in [-0.15, -0.1) is 0 Å². The van der Waals surface area contributed by atoms with Crippen LogP contribution in [-0.2, 0) is 4.74 Å². The van der Waals surface area contributed by atoms with E-state index in [0.29, 0.717) is 6.61 Å². The fraction of sp³-hybridized carbons (Fsp3) is 1.00. The first-order valence-corrected chi connectivity index (χ1v) is 3.89. The normalized spacial score (nSPS) is 12.0. The maximum absolute atomic E-state index is 8.88. The number of aliphatic hydroxyl groups is 2. The molecule has 0 spiro atoms. The van der Waals surface area contributed by atoms with E-state index < -0.39 is 0 Å². The Labute approximate surface area is 68.0 Å². The molecule has 0 radical (unpaired) electrons. The van der Waals surface area contributed by atoms with Crippen molar-refractivity contribution in [3.63, 3.8) is 0 Å². The van der Waals surface area contributed by atoms with Gasteiger partial charge in [0.15, 0.2) is 0 Å². The molecule has 0 bridgehead atoms. The molecule has 0 saturated heterocycles. The predicted octanol–water partition coefficient (Wildman–Crippen LogP) is 0.404. The summed E-state index contributed by atoms with van der Waals surface area (Å²) < 4.78 is 4.86. The zero-order valence-electron chi connectivity index (χ0n) is 7.34. The highest BCUT2D eigenvalue weighted by Crippen LogP contribution is 2.20. The van der Waals surface area contributed by atoms with E-state index >= 15 is 0 Å². The van der Waals surface area contributed by atoms with Crippen molar-refractivity contribution in [2.24, 2.45) is 5.41 Å². The van der Waals surface area contributed by atoms with E-state index in [1.807, 2.05) is 6.92 Å². The molecule has 2 N–H and O–H groups in total. The molecular formula is C8H18O3. The molecule has 3 nitrogen and oxygen atoms in total. The molecule has 0 unspecified atom stereocenters. The molecule has 0 aliphatic heterocycles. The second-order valence-electron chi connectivity index (χ2n) is 3.22. The summed E-state index contributed by atoms with van der Waals surface area (Å²) in [7, 11) is 1.65. The lowest BCUT2D eigenvalue weighted by atomic mass is 9.87. The van der Waals surface area contributed by atoms with Crippen molar-refractivity contribution in [1.82, 2.24) is 0 Å². The molecule has 0 aromatic carbocycles. The van der Waals surface area contributed by atoms with Gasteiger partial charge in [-0.3, -0.25) is 0 Å². The predicted molar refractivity (Wildman–Crippen MR) is 43.4 cm³/mol. The summed E-state index contributed by atoms with van der Waals surface area (Å²) in [5.74, 6) is 0. The van der Waals surface area contributed by atoms with E-state index in [4.69, 9.17) is 14.9 Å². The highest BCUT2D eigenvalue weighted by molar-refractivity contribution is 4.71. The van der Waals surface area contributed by atoms with E-state index in [9.17, 15) is 0 Å². The highest BCUT2D eigenvalue weighted by Gasteiger charge is 2.21. The third-order valence-corrected chi connectivity index (χ3v) is 1.89. The van der Waals surface area contributed by atoms with Crippen LogP contribution < -0.4 is 0 Å². The first-order chi connectivity index (χ1) is 5.18. The second kappa shape index (κ2) is 5.52. The summed E-state index contributed by atoms with van der Waals surface area (Å²) in [5.41, 5.74) is -0.335. The molecular weight excluding hydrogens is 144 g/mol. The van der Waals surface area contributed by atoms with Crippen molar-refractivity contribution in [3.05, 3.63) is 0 Å². The van der Waals surface area contributed by atoms with E-state index in [2.05, 4.69) is 0 Å². The lowest BCUT2D eigenvalue weighted by Gasteiger charge is -2.23. The van der Waals surface area contributed by atoms with Crippen LogP contribution in [-0.4, -0.2) is 37.1 Å². The Kier molecular flexibility index (Phi) is 5.46. The summed E-state index contributed by atoms with van der Waals surface area (Å²) >= 11 is 0. The fourth-order valence-electron chi connectivity index (χ4n) is 0.851. The van der Waals surface area contributed by atoms with Crippen molar-refractivity contribution in [1.29, 1.82) is 0 Å². The minimum atomic E-state index is -0.335. The van der Waals surface area contributed by atoms with Crippen LogP contribution in [0.2, 0.25) is 0 Å². The molecule has 0 heterocycles. The van der Waals surface area contributed by atoms with Crippen molar-refractivity contribution < 1.29 is 14.9 Å². The number of hydrogen-bond donors (Lipinski definition) is 2. The second-order valence-corrected chi connectivity index (χ2v) is 3.22. The Hall–Kier alpha value is -0.120. The van der Waals surface area contributed by atoms with Gasteiger partial charge in [0.05, 0.1) is 13.2 Å². The van der Waals surface area contributed by atoms with Crippen molar-refractivity contribution in [2.45, 2.75) is 19.8 Å². The topological polar surface area (TPSA) is 49.7 Å².